The summed E-state index contributed by atoms with van der Waals surface area (Å²) in [5.74, 6) is 0.916. The molecule has 6 nitrogen and oxygen atoms in total. The van der Waals surface area contributed by atoms with Crippen LogP contribution in [0.3, 0.4) is 0 Å². The third-order valence-corrected chi connectivity index (χ3v) is 4.94. The first-order valence-electron chi connectivity index (χ1n) is 5.72. The van der Waals surface area contributed by atoms with Crippen LogP contribution in [0.2, 0.25) is 0 Å². The first-order valence-corrected chi connectivity index (χ1v) is 8.53. The van der Waals surface area contributed by atoms with Crippen LogP contribution in [-0.4, -0.2) is 31.4 Å². The van der Waals surface area contributed by atoms with Gasteiger partial charge in [0.1, 0.15) is 5.76 Å². The van der Waals surface area contributed by atoms with Crippen LogP contribution in [0.5, 0.6) is 0 Å². The molecule has 0 fully saturated rings. The number of amides is 1. The van der Waals surface area contributed by atoms with Crippen LogP contribution in [0.4, 0.5) is 5.82 Å². The van der Waals surface area contributed by atoms with Gasteiger partial charge in [-0.15, -0.1) is 0 Å². The minimum atomic E-state index is -0.679. The highest BCUT2D eigenvalue weighted by Crippen LogP contribution is 2.35. The molecule has 2 aromatic heterocycles. The summed E-state index contributed by atoms with van der Waals surface area (Å²) < 4.78 is 9.19. The second-order valence-corrected chi connectivity index (χ2v) is 7.83. The summed E-state index contributed by atoms with van der Waals surface area (Å²) in [5, 5.41) is 7.20. The number of aryl methyl sites for hydroxylation is 1. The molecule has 0 bridgehead atoms. The van der Waals surface area contributed by atoms with Gasteiger partial charge >= 0.3 is 0 Å². The lowest BCUT2D eigenvalue weighted by Gasteiger charge is -2.20. The maximum absolute atomic E-state index is 12.3. The van der Waals surface area contributed by atoms with Gasteiger partial charge in [-0.05, 0) is 38.6 Å². The molecule has 2 aromatic rings. The van der Waals surface area contributed by atoms with Crippen molar-refractivity contribution >= 4 is 46.8 Å². The molecule has 2 rings (SSSR count). The van der Waals surface area contributed by atoms with E-state index in [1.165, 1.54) is 35.1 Å². The summed E-state index contributed by atoms with van der Waals surface area (Å²) in [6.07, 6.45) is 1.92. The molecule has 0 atom stereocenters. The minimum absolute atomic E-state index is 0.156. The van der Waals surface area contributed by atoms with E-state index < -0.39 is 4.75 Å². The normalized spacial score (nSPS) is 11.6. The minimum Gasteiger partial charge on any atom is -0.360 e. The van der Waals surface area contributed by atoms with Crippen LogP contribution in [0.1, 0.15) is 19.6 Å². The Balaban J connectivity index is 2.03. The standard InChI is InChI=1S/C11H14N4O2S3/c1-6-5-7(14-17-6)12-8(16)11(2,3)19-10-13-9(18-4)15-20-10/h5H,1-4H3,(H,12,14,16). The lowest BCUT2D eigenvalue weighted by molar-refractivity contribution is -0.117. The van der Waals surface area contributed by atoms with E-state index in [0.717, 1.165) is 9.50 Å². The lowest BCUT2D eigenvalue weighted by Crippen LogP contribution is -2.34. The zero-order valence-electron chi connectivity index (χ0n) is 11.5. The average molecular weight is 330 g/mol. The van der Waals surface area contributed by atoms with Crippen molar-refractivity contribution in [2.45, 2.75) is 35.0 Å². The number of hydrogen-bond donors (Lipinski definition) is 1. The maximum atomic E-state index is 12.3. The quantitative estimate of drug-likeness (QED) is 0.844. The smallest absolute Gasteiger partial charge is 0.241 e. The Morgan fingerprint density at radius 1 is 1.50 bits per heavy atom. The summed E-state index contributed by atoms with van der Waals surface area (Å²) in [6, 6.07) is 1.68. The van der Waals surface area contributed by atoms with Crippen LogP contribution in [0, 0.1) is 6.92 Å². The molecule has 0 saturated heterocycles. The van der Waals surface area contributed by atoms with Gasteiger partial charge in [0.05, 0.1) is 4.75 Å². The van der Waals surface area contributed by atoms with Gasteiger partial charge in [-0.2, -0.15) is 4.37 Å². The number of thioether (sulfide) groups is 2. The zero-order valence-corrected chi connectivity index (χ0v) is 13.9. The third-order valence-electron chi connectivity index (χ3n) is 2.33. The van der Waals surface area contributed by atoms with E-state index in [2.05, 4.69) is 19.8 Å². The number of aromatic nitrogens is 3. The van der Waals surface area contributed by atoms with Crippen molar-refractivity contribution in [2.24, 2.45) is 0 Å². The van der Waals surface area contributed by atoms with Gasteiger partial charge in [0, 0.05) is 6.07 Å². The fourth-order valence-electron chi connectivity index (χ4n) is 1.28. The first-order chi connectivity index (χ1) is 9.40. The Morgan fingerprint density at radius 3 is 2.80 bits per heavy atom. The van der Waals surface area contributed by atoms with E-state index in [-0.39, 0.29) is 5.91 Å². The van der Waals surface area contributed by atoms with Gasteiger partial charge in [0.15, 0.2) is 10.2 Å². The molecule has 0 aliphatic heterocycles. The Hall–Kier alpha value is -1.06. The van der Waals surface area contributed by atoms with Gasteiger partial charge in [-0.3, -0.25) is 4.79 Å². The van der Waals surface area contributed by atoms with Crippen LogP contribution >= 0.6 is 35.1 Å². The number of carbonyl (C=O) groups is 1. The summed E-state index contributed by atoms with van der Waals surface area (Å²) in [6.45, 7) is 5.44. The van der Waals surface area contributed by atoms with E-state index in [4.69, 9.17) is 4.52 Å². The highest BCUT2D eigenvalue weighted by molar-refractivity contribution is 8.03. The molecule has 9 heteroatoms. The van der Waals surface area contributed by atoms with Crippen LogP contribution in [-0.2, 0) is 4.79 Å². The molecule has 0 aliphatic carbocycles. The molecular weight excluding hydrogens is 316 g/mol. The second kappa shape index (κ2) is 6.15. The molecule has 108 valence electrons. The Morgan fingerprint density at radius 2 is 2.25 bits per heavy atom. The molecule has 0 aromatic carbocycles. The molecule has 20 heavy (non-hydrogen) atoms. The highest BCUT2D eigenvalue weighted by Gasteiger charge is 2.31. The predicted octanol–water partition coefficient (Wildman–Crippen LogP) is 3.07. The van der Waals surface area contributed by atoms with Gasteiger partial charge in [-0.1, -0.05) is 28.7 Å². The van der Waals surface area contributed by atoms with Gasteiger partial charge < -0.3 is 9.84 Å². The largest absolute Gasteiger partial charge is 0.360 e. The summed E-state index contributed by atoms with van der Waals surface area (Å²) in [4.78, 5) is 16.6. The van der Waals surface area contributed by atoms with E-state index in [1.54, 1.807) is 13.0 Å². The van der Waals surface area contributed by atoms with E-state index in [0.29, 0.717) is 11.6 Å². The fraction of sp³-hybridized carbons (Fsp3) is 0.455. The number of rotatable bonds is 5. The first kappa shape index (κ1) is 15.3. The lowest BCUT2D eigenvalue weighted by atomic mass is 10.2. The van der Waals surface area contributed by atoms with Crippen molar-refractivity contribution < 1.29 is 9.32 Å². The number of carbonyl (C=O) groups excluding carboxylic acids is 1. The van der Waals surface area contributed by atoms with Crippen molar-refractivity contribution in [2.75, 3.05) is 11.6 Å². The second-order valence-electron chi connectivity index (χ2n) is 4.44. The van der Waals surface area contributed by atoms with Gasteiger partial charge in [-0.25, -0.2) is 4.98 Å². The van der Waals surface area contributed by atoms with Crippen molar-refractivity contribution in [3.8, 4) is 0 Å². The van der Waals surface area contributed by atoms with E-state index >= 15 is 0 Å². The Bertz CT molecular complexity index is 608. The molecule has 0 unspecified atom stereocenters. The molecule has 1 N–H and O–H groups in total. The van der Waals surface area contributed by atoms with Gasteiger partial charge in [0.2, 0.25) is 11.1 Å². The summed E-state index contributed by atoms with van der Waals surface area (Å²) >= 11 is 4.15. The summed E-state index contributed by atoms with van der Waals surface area (Å²) in [5.41, 5.74) is 0. The molecule has 0 aliphatic rings. The molecule has 0 spiro atoms. The van der Waals surface area contributed by atoms with Crippen molar-refractivity contribution in [3.63, 3.8) is 0 Å². The number of nitrogens with zero attached hydrogens (tertiary/aromatic N) is 3. The molecule has 1 amide bonds. The van der Waals surface area contributed by atoms with Crippen molar-refractivity contribution in [1.82, 2.24) is 14.5 Å². The topological polar surface area (TPSA) is 80.9 Å². The summed E-state index contributed by atoms with van der Waals surface area (Å²) in [7, 11) is 0. The van der Waals surface area contributed by atoms with Crippen LogP contribution in [0.25, 0.3) is 0 Å². The zero-order chi connectivity index (χ0) is 14.8. The number of hydrogen-bond acceptors (Lipinski definition) is 8. The Labute approximate surface area is 129 Å². The average Bonchev–Trinajstić information content (AvgIpc) is 2.98. The fourth-order valence-corrected chi connectivity index (χ4v) is 3.91. The molecule has 2 heterocycles. The van der Waals surface area contributed by atoms with Crippen molar-refractivity contribution in [1.29, 1.82) is 0 Å². The Kier molecular flexibility index (Phi) is 4.71. The van der Waals surface area contributed by atoms with Crippen molar-refractivity contribution in [3.05, 3.63) is 11.8 Å². The third kappa shape index (κ3) is 3.74. The molecule has 0 radical (unpaired) electrons. The predicted molar refractivity (Wildman–Crippen MR) is 81.5 cm³/mol. The molecular formula is C11H14N4O2S3. The SMILES string of the molecule is CSc1nsc(SC(C)(C)C(=O)Nc2cc(C)on2)n1. The monoisotopic (exact) mass is 330 g/mol. The maximum Gasteiger partial charge on any atom is 0.241 e. The van der Waals surface area contributed by atoms with Gasteiger partial charge in [0.25, 0.3) is 0 Å². The number of nitrogens with one attached hydrogen (secondary N) is 1. The van der Waals surface area contributed by atoms with E-state index in [9.17, 15) is 4.79 Å². The van der Waals surface area contributed by atoms with E-state index in [1.807, 2.05) is 20.1 Å². The van der Waals surface area contributed by atoms with Crippen LogP contribution < -0.4 is 5.32 Å². The van der Waals surface area contributed by atoms with Crippen LogP contribution in [0.15, 0.2) is 20.1 Å². The molecule has 0 saturated carbocycles. The highest BCUT2D eigenvalue weighted by atomic mass is 32.2. The number of anilines is 1.